The molecule has 4 nitrogen and oxygen atoms in total. The summed E-state index contributed by atoms with van der Waals surface area (Å²) in [6, 6.07) is 13.5. The number of halogens is 3. The van der Waals surface area contributed by atoms with Crippen molar-refractivity contribution in [3.05, 3.63) is 65.7 Å². The van der Waals surface area contributed by atoms with Crippen LogP contribution in [0.15, 0.2) is 54.6 Å². The summed E-state index contributed by atoms with van der Waals surface area (Å²) in [6.07, 6.45) is -5.40. The minimum Gasteiger partial charge on any atom is -0.453 e. The van der Waals surface area contributed by atoms with Crippen LogP contribution in [0.2, 0.25) is 0 Å². The average molecular weight is 379 g/mol. The van der Waals surface area contributed by atoms with Gasteiger partial charge >= 0.3 is 12.1 Å². The van der Waals surface area contributed by atoms with E-state index in [1.807, 2.05) is 37.3 Å². The number of amides is 1. The first-order chi connectivity index (χ1) is 12.7. The molecule has 2 rings (SSSR count). The van der Waals surface area contributed by atoms with E-state index >= 15 is 0 Å². The largest absolute Gasteiger partial charge is 0.453 e. The van der Waals surface area contributed by atoms with Gasteiger partial charge in [-0.3, -0.25) is 9.59 Å². The fourth-order valence-electron chi connectivity index (χ4n) is 2.43. The van der Waals surface area contributed by atoms with Crippen molar-refractivity contribution in [1.82, 2.24) is 0 Å². The third-order valence-electron chi connectivity index (χ3n) is 4.00. The molecule has 0 heterocycles. The van der Waals surface area contributed by atoms with Crippen molar-refractivity contribution in [1.29, 1.82) is 0 Å². The molecule has 27 heavy (non-hydrogen) atoms. The second kappa shape index (κ2) is 8.70. The van der Waals surface area contributed by atoms with Crippen molar-refractivity contribution in [3.8, 4) is 0 Å². The van der Waals surface area contributed by atoms with E-state index < -0.39 is 29.7 Å². The Labute approximate surface area is 155 Å². The zero-order valence-electron chi connectivity index (χ0n) is 14.9. The lowest BCUT2D eigenvalue weighted by Gasteiger charge is -2.16. The fourth-order valence-corrected chi connectivity index (χ4v) is 2.43. The standard InChI is InChI=1S/C20H20F3NO3/c1-13(15-6-4-3-5-7-15)12-18(25)27-14(2)19(26)24-17-10-8-16(9-11-17)20(21,22)23/h3-11,13-14H,12H2,1-2H3,(H,24,26)/t13-,14+/m0/s1. The van der Waals surface area contributed by atoms with Crippen LogP contribution < -0.4 is 5.32 Å². The summed E-state index contributed by atoms with van der Waals surface area (Å²) in [7, 11) is 0. The van der Waals surface area contributed by atoms with Crippen molar-refractivity contribution in [2.45, 2.75) is 38.5 Å². The van der Waals surface area contributed by atoms with Gasteiger partial charge in [0.05, 0.1) is 12.0 Å². The molecule has 1 amide bonds. The predicted octanol–water partition coefficient (Wildman–Crippen LogP) is 4.77. The van der Waals surface area contributed by atoms with Crippen LogP contribution in [0.5, 0.6) is 0 Å². The number of hydrogen-bond donors (Lipinski definition) is 1. The minimum absolute atomic E-state index is 0.0659. The Morgan fingerprint density at radius 3 is 2.15 bits per heavy atom. The van der Waals surface area contributed by atoms with Crippen LogP contribution in [0.25, 0.3) is 0 Å². The van der Waals surface area contributed by atoms with E-state index in [0.717, 1.165) is 29.8 Å². The monoisotopic (exact) mass is 379 g/mol. The molecule has 7 heteroatoms. The van der Waals surface area contributed by atoms with E-state index in [-0.39, 0.29) is 18.0 Å². The van der Waals surface area contributed by atoms with Crippen molar-refractivity contribution >= 4 is 17.6 Å². The van der Waals surface area contributed by atoms with Gasteiger partial charge in [-0.25, -0.2) is 0 Å². The summed E-state index contributed by atoms with van der Waals surface area (Å²) < 4.78 is 42.7. The molecule has 0 saturated carbocycles. The number of ether oxygens (including phenoxy) is 1. The predicted molar refractivity (Wildman–Crippen MR) is 95.1 cm³/mol. The average Bonchev–Trinajstić information content (AvgIpc) is 2.62. The first-order valence-corrected chi connectivity index (χ1v) is 8.39. The Balaban J connectivity index is 1.87. The smallest absolute Gasteiger partial charge is 0.416 e. The molecule has 2 aromatic rings. The van der Waals surface area contributed by atoms with Gasteiger partial charge in [0, 0.05) is 5.69 Å². The molecule has 0 aliphatic heterocycles. The number of alkyl halides is 3. The summed E-state index contributed by atoms with van der Waals surface area (Å²) >= 11 is 0. The Morgan fingerprint density at radius 1 is 1.00 bits per heavy atom. The molecule has 144 valence electrons. The van der Waals surface area contributed by atoms with Crippen LogP contribution in [0.1, 0.15) is 37.3 Å². The van der Waals surface area contributed by atoms with E-state index in [1.165, 1.54) is 6.92 Å². The lowest BCUT2D eigenvalue weighted by atomic mass is 9.98. The zero-order chi connectivity index (χ0) is 20.0. The lowest BCUT2D eigenvalue weighted by molar-refractivity contribution is -0.153. The molecule has 2 aromatic carbocycles. The third-order valence-corrected chi connectivity index (χ3v) is 4.00. The summed E-state index contributed by atoms with van der Waals surface area (Å²) in [5.74, 6) is -1.21. The van der Waals surface area contributed by atoms with E-state index in [1.54, 1.807) is 0 Å². The van der Waals surface area contributed by atoms with Crippen molar-refractivity contribution in [3.63, 3.8) is 0 Å². The number of benzene rings is 2. The second-order valence-corrected chi connectivity index (χ2v) is 6.21. The number of esters is 1. The van der Waals surface area contributed by atoms with E-state index in [0.29, 0.717) is 0 Å². The number of carbonyl (C=O) groups excluding carboxylic acids is 2. The van der Waals surface area contributed by atoms with Crippen LogP contribution in [0, 0.1) is 0 Å². The molecule has 0 radical (unpaired) electrons. The minimum atomic E-state index is -4.44. The fraction of sp³-hybridized carbons (Fsp3) is 0.300. The number of anilines is 1. The Kier molecular flexibility index (Phi) is 6.60. The molecular weight excluding hydrogens is 359 g/mol. The molecule has 1 N–H and O–H groups in total. The van der Waals surface area contributed by atoms with Gasteiger partial charge in [0.15, 0.2) is 6.10 Å². The summed E-state index contributed by atoms with van der Waals surface area (Å²) in [6.45, 7) is 3.29. The molecule has 0 aliphatic rings. The maximum atomic E-state index is 12.5. The molecule has 0 aliphatic carbocycles. The van der Waals surface area contributed by atoms with E-state index in [9.17, 15) is 22.8 Å². The molecule has 2 atom stereocenters. The molecule has 0 saturated heterocycles. The van der Waals surface area contributed by atoms with Gasteiger partial charge in [0.1, 0.15) is 0 Å². The zero-order valence-corrected chi connectivity index (χ0v) is 14.9. The highest BCUT2D eigenvalue weighted by atomic mass is 19.4. The van der Waals surface area contributed by atoms with Gasteiger partial charge in [-0.05, 0) is 42.7 Å². The summed E-state index contributed by atoms with van der Waals surface area (Å²) in [5, 5.41) is 2.43. The van der Waals surface area contributed by atoms with Gasteiger partial charge in [-0.15, -0.1) is 0 Å². The Hall–Kier alpha value is -2.83. The molecule has 0 fully saturated rings. The lowest BCUT2D eigenvalue weighted by Crippen LogP contribution is -2.30. The van der Waals surface area contributed by atoms with Crippen molar-refractivity contribution in [2.75, 3.05) is 5.32 Å². The SMILES string of the molecule is C[C@@H](OC(=O)C[C@H](C)c1ccccc1)C(=O)Nc1ccc(C(F)(F)F)cc1. The third kappa shape index (κ3) is 6.13. The maximum absolute atomic E-state index is 12.5. The van der Waals surface area contributed by atoms with E-state index in [2.05, 4.69) is 5.32 Å². The molecule has 0 bridgehead atoms. The van der Waals surface area contributed by atoms with Gasteiger partial charge < -0.3 is 10.1 Å². The second-order valence-electron chi connectivity index (χ2n) is 6.21. The van der Waals surface area contributed by atoms with Crippen LogP contribution in [0.3, 0.4) is 0 Å². The van der Waals surface area contributed by atoms with Crippen LogP contribution in [0.4, 0.5) is 18.9 Å². The van der Waals surface area contributed by atoms with Gasteiger partial charge in [-0.2, -0.15) is 13.2 Å². The number of rotatable bonds is 6. The highest BCUT2D eigenvalue weighted by Crippen LogP contribution is 2.29. The normalized spacial score (nSPS) is 13.5. The molecule has 0 aromatic heterocycles. The number of carbonyl (C=O) groups is 2. The van der Waals surface area contributed by atoms with Crippen LogP contribution in [-0.4, -0.2) is 18.0 Å². The quantitative estimate of drug-likeness (QED) is 0.736. The first-order valence-electron chi connectivity index (χ1n) is 8.39. The maximum Gasteiger partial charge on any atom is 0.416 e. The van der Waals surface area contributed by atoms with Crippen molar-refractivity contribution < 1.29 is 27.5 Å². The van der Waals surface area contributed by atoms with Gasteiger partial charge in [-0.1, -0.05) is 37.3 Å². The molecular formula is C20H20F3NO3. The Bertz CT molecular complexity index is 773. The first kappa shape index (κ1) is 20.5. The summed E-state index contributed by atoms with van der Waals surface area (Å²) in [5.41, 5.74) is 0.361. The highest BCUT2D eigenvalue weighted by Gasteiger charge is 2.30. The van der Waals surface area contributed by atoms with Gasteiger partial charge in [0.25, 0.3) is 5.91 Å². The van der Waals surface area contributed by atoms with E-state index in [4.69, 9.17) is 4.74 Å². The highest BCUT2D eigenvalue weighted by molar-refractivity contribution is 5.95. The van der Waals surface area contributed by atoms with Gasteiger partial charge in [0.2, 0.25) is 0 Å². The molecule has 0 spiro atoms. The van der Waals surface area contributed by atoms with Crippen molar-refractivity contribution in [2.24, 2.45) is 0 Å². The van der Waals surface area contributed by atoms with Crippen LogP contribution >= 0.6 is 0 Å². The summed E-state index contributed by atoms with van der Waals surface area (Å²) in [4.78, 5) is 24.1. The van der Waals surface area contributed by atoms with Crippen LogP contribution in [-0.2, 0) is 20.5 Å². The topological polar surface area (TPSA) is 55.4 Å². The molecule has 0 unspecified atom stereocenters. The number of nitrogens with one attached hydrogen (secondary N) is 1. The Morgan fingerprint density at radius 2 is 1.59 bits per heavy atom. The number of hydrogen-bond acceptors (Lipinski definition) is 3.